The lowest BCUT2D eigenvalue weighted by molar-refractivity contribution is -0.386. The van der Waals surface area contributed by atoms with Gasteiger partial charge in [-0.25, -0.2) is 4.98 Å². The average molecular weight is 321 g/mol. The van der Waals surface area contributed by atoms with Crippen LogP contribution in [0.1, 0.15) is 0 Å². The maximum atomic E-state index is 10.8. The van der Waals surface area contributed by atoms with E-state index in [4.69, 9.17) is 39.5 Å². The van der Waals surface area contributed by atoms with Crippen LogP contribution in [0.4, 0.5) is 5.69 Å². The standard InChI is InChI=1S/C10H4Cl3N3O3/c11-5-1-2-8(6(12)3-5)19-9-7(16(17)18)4-14-10(13)15-9/h1-4H. The number of halogens is 3. The number of aromatic nitrogens is 2. The van der Waals surface area contributed by atoms with Gasteiger partial charge in [0, 0.05) is 5.02 Å². The molecule has 0 unspecified atom stereocenters. The van der Waals surface area contributed by atoms with E-state index in [2.05, 4.69) is 9.97 Å². The van der Waals surface area contributed by atoms with Crippen molar-refractivity contribution < 1.29 is 9.66 Å². The number of rotatable bonds is 3. The molecule has 1 heterocycles. The van der Waals surface area contributed by atoms with Crippen LogP contribution in [-0.2, 0) is 0 Å². The van der Waals surface area contributed by atoms with Gasteiger partial charge < -0.3 is 4.74 Å². The minimum atomic E-state index is -0.685. The molecule has 0 radical (unpaired) electrons. The molecular weight excluding hydrogens is 316 g/mol. The van der Waals surface area contributed by atoms with E-state index in [-0.39, 0.29) is 21.9 Å². The van der Waals surface area contributed by atoms with E-state index >= 15 is 0 Å². The molecule has 0 N–H and O–H groups in total. The summed E-state index contributed by atoms with van der Waals surface area (Å²) in [6, 6.07) is 4.43. The molecule has 0 fully saturated rings. The lowest BCUT2D eigenvalue weighted by Crippen LogP contribution is -1.98. The van der Waals surface area contributed by atoms with Gasteiger partial charge in [0.05, 0.1) is 9.95 Å². The van der Waals surface area contributed by atoms with Crippen molar-refractivity contribution >= 4 is 40.5 Å². The fourth-order valence-electron chi connectivity index (χ4n) is 1.20. The summed E-state index contributed by atoms with van der Waals surface area (Å²) in [6.07, 6.45) is 0.953. The average Bonchev–Trinajstić information content (AvgIpc) is 2.32. The van der Waals surface area contributed by atoms with Crippen LogP contribution < -0.4 is 4.74 Å². The minimum Gasteiger partial charge on any atom is -0.432 e. The molecular formula is C10H4Cl3N3O3. The predicted octanol–water partition coefficient (Wildman–Crippen LogP) is 4.14. The summed E-state index contributed by atoms with van der Waals surface area (Å²) >= 11 is 17.2. The number of nitro groups is 1. The summed E-state index contributed by atoms with van der Waals surface area (Å²) in [7, 11) is 0. The zero-order valence-corrected chi connectivity index (χ0v) is 11.3. The zero-order valence-electron chi connectivity index (χ0n) is 9.01. The molecule has 98 valence electrons. The zero-order chi connectivity index (χ0) is 14.0. The van der Waals surface area contributed by atoms with Gasteiger partial charge in [-0.1, -0.05) is 23.2 Å². The van der Waals surface area contributed by atoms with Crippen LogP contribution in [0.2, 0.25) is 15.3 Å². The third-order valence-corrected chi connectivity index (χ3v) is 2.72. The topological polar surface area (TPSA) is 78.2 Å². The van der Waals surface area contributed by atoms with Crippen LogP contribution in [0.15, 0.2) is 24.4 Å². The molecule has 0 spiro atoms. The fraction of sp³-hybridized carbons (Fsp3) is 0. The van der Waals surface area contributed by atoms with Crippen molar-refractivity contribution in [2.45, 2.75) is 0 Å². The van der Waals surface area contributed by atoms with E-state index in [1.165, 1.54) is 18.2 Å². The molecule has 2 aromatic rings. The first-order valence-electron chi connectivity index (χ1n) is 4.77. The molecule has 6 nitrogen and oxygen atoms in total. The van der Waals surface area contributed by atoms with Crippen molar-refractivity contribution in [3.05, 3.63) is 49.8 Å². The summed E-state index contributed by atoms with van der Waals surface area (Å²) < 4.78 is 5.27. The van der Waals surface area contributed by atoms with E-state index < -0.39 is 10.6 Å². The summed E-state index contributed by atoms with van der Waals surface area (Å²) in [5.74, 6) is -0.127. The molecule has 0 atom stereocenters. The molecule has 0 amide bonds. The number of ether oxygens (including phenoxy) is 1. The first-order valence-corrected chi connectivity index (χ1v) is 5.90. The lowest BCUT2D eigenvalue weighted by atomic mass is 10.3. The van der Waals surface area contributed by atoms with Crippen LogP contribution >= 0.6 is 34.8 Å². The Morgan fingerprint density at radius 3 is 2.63 bits per heavy atom. The quantitative estimate of drug-likeness (QED) is 0.482. The highest BCUT2D eigenvalue weighted by Crippen LogP contribution is 2.34. The van der Waals surface area contributed by atoms with Crippen molar-refractivity contribution in [1.82, 2.24) is 9.97 Å². The van der Waals surface area contributed by atoms with E-state index in [0.717, 1.165) is 6.20 Å². The van der Waals surface area contributed by atoms with E-state index in [1.807, 2.05) is 0 Å². The van der Waals surface area contributed by atoms with Gasteiger partial charge in [0.15, 0.2) is 0 Å². The Morgan fingerprint density at radius 1 is 1.26 bits per heavy atom. The predicted molar refractivity (Wildman–Crippen MR) is 70.2 cm³/mol. The minimum absolute atomic E-state index is 0.170. The normalized spacial score (nSPS) is 10.3. The number of hydrogen-bond acceptors (Lipinski definition) is 5. The molecule has 0 bridgehead atoms. The monoisotopic (exact) mass is 319 g/mol. The third-order valence-electron chi connectivity index (χ3n) is 2.00. The van der Waals surface area contributed by atoms with Crippen LogP contribution in [0, 0.1) is 10.1 Å². The van der Waals surface area contributed by atoms with Crippen molar-refractivity contribution in [3.63, 3.8) is 0 Å². The van der Waals surface area contributed by atoms with Gasteiger partial charge in [-0.2, -0.15) is 4.98 Å². The van der Waals surface area contributed by atoms with Crippen molar-refractivity contribution in [2.75, 3.05) is 0 Å². The Bertz CT molecular complexity index is 651. The third kappa shape index (κ3) is 3.23. The van der Waals surface area contributed by atoms with Crippen LogP contribution in [0.3, 0.4) is 0 Å². The Hall–Kier alpha value is -1.63. The van der Waals surface area contributed by atoms with Gasteiger partial charge in [-0.15, -0.1) is 0 Å². The van der Waals surface area contributed by atoms with Gasteiger partial charge in [0.1, 0.15) is 11.9 Å². The molecule has 0 aliphatic rings. The van der Waals surface area contributed by atoms with E-state index in [0.29, 0.717) is 5.02 Å². The highest BCUT2D eigenvalue weighted by Gasteiger charge is 2.20. The highest BCUT2D eigenvalue weighted by molar-refractivity contribution is 6.35. The number of benzene rings is 1. The largest absolute Gasteiger partial charge is 0.432 e. The number of hydrogen-bond donors (Lipinski definition) is 0. The van der Waals surface area contributed by atoms with Crippen molar-refractivity contribution in [2.24, 2.45) is 0 Å². The Labute approximate surface area is 122 Å². The Kier molecular flexibility index (Phi) is 4.04. The first kappa shape index (κ1) is 13.8. The highest BCUT2D eigenvalue weighted by atomic mass is 35.5. The molecule has 1 aromatic carbocycles. The fourth-order valence-corrected chi connectivity index (χ4v) is 1.77. The summed E-state index contributed by atoms with van der Waals surface area (Å²) in [5, 5.41) is 11.2. The van der Waals surface area contributed by atoms with Crippen LogP contribution in [0.25, 0.3) is 0 Å². The maximum Gasteiger partial charge on any atom is 0.349 e. The van der Waals surface area contributed by atoms with Crippen LogP contribution in [-0.4, -0.2) is 14.9 Å². The molecule has 19 heavy (non-hydrogen) atoms. The second-order valence-electron chi connectivity index (χ2n) is 3.26. The van der Waals surface area contributed by atoms with Crippen molar-refractivity contribution in [3.8, 4) is 11.6 Å². The Balaban J connectivity index is 2.42. The molecule has 9 heteroatoms. The van der Waals surface area contributed by atoms with Crippen LogP contribution in [0.5, 0.6) is 11.6 Å². The molecule has 1 aromatic heterocycles. The SMILES string of the molecule is O=[N+]([O-])c1cnc(Cl)nc1Oc1ccc(Cl)cc1Cl. The second-order valence-corrected chi connectivity index (χ2v) is 4.45. The first-order chi connectivity index (χ1) is 8.97. The summed E-state index contributed by atoms with van der Waals surface area (Å²) in [4.78, 5) is 17.3. The summed E-state index contributed by atoms with van der Waals surface area (Å²) in [5.41, 5.74) is -0.421. The second kappa shape index (κ2) is 5.56. The maximum absolute atomic E-state index is 10.8. The van der Waals surface area contributed by atoms with Gasteiger partial charge in [-0.3, -0.25) is 10.1 Å². The molecule has 0 saturated heterocycles. The lowest BCUT2D eigenvalue weighted by Gasteiger charge is -2.07. The van der Waals surface area contributed by atoms with Gasteiger partial charge in [-0.05, 0) is 29.8 Å². The Morgan fingerprint density at radius 2 is 2.00 bits per heavy atom. The summed E-state index contributed by atoms with van der Waals surface area (Å²) in [6.45, 7) is 0. The number of nitrogens with zero attached hydrogens (tertiary/aromatic N) is 3. The smallest absolute Gasteiger partial charge is 0.349 e. The van der Waals surface area contributed by atoms with E-state index in [9.17, 15) is 10.1 Å². The van der Waals surface area contributed by atoms with Gasteiger partial charge in [0.25, 0.3) is 0 Å². The molecule has 0 aliphatic carbocycles. The van der Waals surface area contributed by atoms with E-state index in [1.54, 1.807) is 0 Å². The van der Waals surface area contributed by atoms with Gasteiger partial charge >= 0.3 is 11.6 Å². The molecule has 0 aliphatic heterocycles. The molecule has 0 saturated carbocycles. The van der Waals surface area contributed by atoms with Gasteiger partial charge in [0.2, 0.25) is 5.28 Å². The van der Waals surface area contributed by atoms with Crippen molar-refractivity contribution in [1.29, 1.82) is 0 Å². The molecule has 2 rings (SSSR count).